The molecule has 0 fully saturated rings. The smallest absolute Gasteiger partial charge is 0.205 e. The van der Waals surface area contributed by atoms with Gasteiger partial charge in [0.1, 0.15) is 5.01 Å². The van der Waals surface area contributed by atoms with Crippen LogP contribution < -0.4 is 5.32 Å². The molecule has 0 saturated carbocycles. The highest BCUT2D eigenvalue weighted by atomic mass is 32.2. The summed E-state index contributed by atoms with van der Waals surface area (Å²) in [6.45, 7) is 2.96. The fourth-order valence-electron chi connectivity index (χ4n) is 0.658. The summed E-state index contributed by atoms with van der Waals surface area (Å²) in [6.07, 6.45) is 2.06. The van der Waals surface area contributed by atoms with E-state index in [1.165, 1.54) is 0 Å². The quantitative estimate of drug-likeness (QED) is 0.784. The fraction of sp³-hybridized carbons (Fsp3) is 0.667. The van der Waals surface area contributed by atoms with Crippen LogP contribution in [0.4, 0.5) is 5.13 Å². The Balaban J connectivity index is 2.51. The van der Waals surface area contributed by atoms with Crippen molar-refractivity contribution in [2.75, 3.05) is 18.1 Å². The van der Waals surface area contributed by atoms with Gasteiger partial charge in [-0.2, -0.15) is 11.8 Å². The minimum atomic E-state index is 0.911. The van der Waals surface area contributed by atoms with Crippen LogP contribution in [0.2, 0.25) is 0 Å². The molecule has 0 aliphatic rings. The molecule has 0 aliphatic heterocycles. The van der Waals surface area contributed by atoms with E-state index >= 15 is 0 Å². The number of thioether (sulfide) groups is 1. The lowest BCUT2D eigenvalue weighted by Crippen LogP contribution is -1.94. The number of hydrogen-bond acceptors (Lipinski definition) is 5. The largest absolute Gasteiger partial charge is 0.360 e. The molecule has 0 unspecified atom stereocenters. The summed E-state index contributed by atoms with van der Waals surface area (Å²) in [7, 11) is 0. The minimum Gasteiger partial charge on any atom is -0.360 e. The van der Waals surface area contributed by atoms with E-state index in [-0.39, 0.29) is 0 Å². The SMILES string of the molecule is CCNc1nnc(CSC)s1. The van der Waals surface area contributed by atoms with E-state index < -0.39 is 0 Å². The number of nitrogens with one attached hydrogen (secondary N) is 1. The summed E-state index contributed by atoms with van der Waals surface area (Å²) in [6, 6.07) is 0. The third kappa shape index (κ3) is 2.67. The Morgan fingerprint density at radius 2 is 2.36 bits per heavy atom. The molecule has 11 heavy (non-hydrogen) atoms. The summed E-state index contributed by atoms with van der Waals surface area (Å²) < 4.78 is 0. The zero-order valence-electron chi connectivity index (χ0n) is 6.63. The van der Waals surface area contributed by atoms with Crippen molar-refractivity contribution in [2.24, 2.45) is 0 Å². The second kappa shape index (κ2) is 4.56. The highest BCUT2D eigenvalue weighted by Crippen LogP contribution is 2.18. The van der Waals surface area contributed by atoms with Gasteiger partial charge >= 0.3 is 0 Å². The lowest BCUT2D eigenvalue weighted by atomic mass is 10.8. The number of rotatable bonds is 4. The summed E-state index contributed by atoms with van der Waals surface area (Å²) in [4.78, 5) is 0. The summed E-state index contributed by atoms with van der Waals surface area (Å²) in [5, 5.41) is 13.1. The molecular weight excluding hydrogens is 178 g/mol. The maximum absolute atomic E-state index is 4.01. The molecule has 0 bridgehead atoms. The van der Waals surface area contributed by atoms with Crippen molar-refractivity contribution in [3.05, 3.63) is 5.01 Å². The Hall–Kier alpha value is -0.290. The molecule has 0 radical (unpaired) electrons. The van der Waals surface area contributed by atoms with Crippen LogP contribution in [0.25, 0.3) is 0 Å². The zero-order chi connectivity index (χ0) is 8.10. The zero-order valence-corrected chi connectivity index (χ0v) is 8.26. The first-order valence-corrected chi connectivity index (χ1v) is 5.63. The first kappa shape index (κ1) is 8.80. The van der Waals surface area contributed by atoms with E-state index in [2.05, 4.69) is 28.7 Å². The molecule has 1 N–H and O–H groups in total. The standard InChI is InChI=1S/C6H11N3S2/c1-3-7-6-9-8-5(11-6)4-10-2/h3-4H2,1-2H3,(H,7,9). The van der Waals surface area contributed by atoms with Crippen molar-refractivity contribution in [1.82, 2.24) is 10.2 Å². The van der Waals surface area contributed by atoms with Crippen LogP contribution in [0.5, 0.6) is 0 Å². The van der Waals surface area contributed by atoms with Gasteiger partial charge < -0.3 is 5.32 Å². The van der Waals surface area contributed by atoms with Crippen LogP contribution >= 0.6 is 23.1 Å². The maximum atomic E-state index is 4.01. The van der Waals surface area contributed by atoms with Crippen molar-refractivity contribution in [2.45, 2.75) is 12.7 Å². The van der Waals surface area contributed by atoms with Gasteiger partial charge in [0, 0.05) is 12.3 Å². The van der Waals surface area contributed by atoms with Gasteiger partial charge in [-0.25, -0.2) is 0 Å². The molecule has 0 atom stereocenters. The van der Waals surface area contributed by atoms with E-state index in [1.54, 1.807) is 23.1 Å². The van der Waals surface area contributed by atoms with Crippen LogP contribution in [0.15, 0.2) is 0 Å². The molecule has 5 heteroatoms. The van der Waals surface area contributed by atoms with Crippen LogP contribution in [-0.4, -0.2) is 23.0 Å². The number of nitrogens with zero attached hydrogens (tertiary/aromatic N) is 2. The second-order valence-corrected chi connectivity index (χ2v) is 3.89. The van der Waals surface area contributed by atoms with Crippen molar-refractivity contribution < 1.29 is 0 Å². The first-order chi connectivity index (χ1) is 5.36. The Morgan fingerprint density at radius 3 is 3.00 bits per heavy atom. The Labute approximate surface area is 74.6 Å². The van der Waals surface area contributed by atoms with Gasteiger partial charge in [0.15, 0.2) is 0 Å². The molecule has 0 aromatic carbocycles. The highest BCUT2D eigenvalue weighted by Gasteiger charge is 2.00. The van der Waals surface area contributed by atoms with Gasteiger partial charge in [0.05, 0.1) is 0 Å². The molecular formula is C6H11N3S2. The fourth-order valence-corrected chi connectivity index (χ4v) is 2.16. The van der Waals surface area contributed by atoms with Gasteiger partial charge in [-0.05, 0) is 13.2 Å². The molecule has 1 rings (SSSR count). The summed E-state index contributed by atoms with van der Waals surface area (Å²) in [5.74, 6) is 0.961. The van der Waals surface area contributed by atoms with Crippen LogP contribution in [0, 0.1) is 0 Å². The number of aromatic nitrogens is 2. The molecule has 1 heterocycles. The normalized spacial score (nSPS) is 10.0. The maximum Gasteiger partial charge on any atom is 0.205 e. The monoisotopic (exact) mass is 189 g/mol. The lowest BCUT2D eigenvalue weighted by Gasteiger charge is -1.91. The molecule has 0 saturated heterocycles. The van der Waals surface area contributed by atoms with E-state index in [0.29, 0.717) is 0 Å². The molecule has 1 aromatic rings. The van der Waals surface area contributed by atoms with Crippen molar-refractivity contribution >= 4 is 28.2 Å². The molecule has 3 nitrogen and oxygen atoms in total. The van der Waals surface area contributed by atoms with Crippen molar-refractivity contribution in [3.8, 4) is 0 Å². The van der Waals surface area contributed by atoms with E-state index in [0.717, 1.165) is 22.4 Å². The molecule has 62 valence electrons. The van der Waals surface area contributed by atoms with Crippen LogP contribution in [0.3, 0.4) is 0 Å². The van der Waals surface area contributed by atoms with E-state index in [9.17, 15) is 0 Å². The molecule has 0 amide bonds. The Morgan fingerprint density at radius 1 is 1.55 bits per heavy atom. The van der Waals surface area contributed by atoms with Gasteiger partial charge in [-0.3, -0.25) is 0 Å². The summed E-state index contributed by atoms with van der Waals surface area (Å²) >= 11 is 3.39. The second-order valence-electron chi connectivity index (χ2n) is 1.96. The molecule has 0 spiro atoms. The predicted octanol–water partition coefficient (Wildman–Crippen LogP) is 1.83. The average molecular weight is 189 g/mol. The van der Waals surface area contributed by atoms with E-state index in [1.807, 2.05) is 0 Å². The van der Waals surface area contributed by atoms with Gasteiger partial charge in [-0.15, -0.1) is 10.2 Å². The lowest BCUT2D eigenvalue weighted by molar-refractivity contribution is 1.03. The summed E-state index contributed by atoms with van der Waals surface area (Å²) in [5.41, 5.74) is 0. The third-order valence-electron chi connectivity index (χ3n) is 1.06. The van der Waals surface area contributed by atoms with Crippen LogP contribution in [-0.2, 0) is 5.75 Å². The number of hydrogen-bond donors (Lipinski definition) is 1. The minimum absolute atomic E-state index is 0.911. The van der Waals surface area contributed by atoms with Gasteiger partial charge in [0.25, 0.3) is 0 Å². The Kier molecular flexibility index (Phi) is 3.65. The first-order valence-electron chi connectivity index (χ1n) is 3.42. The van der Waals surface area contributed by atoms with Crippen molar-refractivity contribution in [1.29, 1.82) is 0 Å². The van der Waals surface area contributed by atoms with E-state index in [4.69, 9.17) is 0 Å². The van der Waals surface area contributed by atoms with Crippen molar-refractivity contribution in [3.63, 3.8) is 0 Å². The number of anilines is 1. The molecule has 1 aromatic heterocycles. The van der Waals surface area contributed by atoms with Crippen LogP contribution in [0.1, 0.15) is 11.9 Å². The third-order valence-corrected chi connectivity index (χ3v) is 2.69. The van der Waals surface area contributed by atoms with Gasteiger partial charge in [0.2, 0.25) is 5.13 Å². The van der Waals surface area contributed by atoms with Gasteiger partial charge in [-0.1, -0.05) is 11.3 Å². The molecule has 0 aliphatic carbocycles. The highest BCUT2D eigenvalue weighted by molar-refractivity contribution is 7.97. The average Bonchev–Trinajstić information content (AvgIpc) is 2.38. The predicted molar refractivity (Wildman–Crippen MR) is 51.3 cm³/mol. The Bertz CT molecular complexity index is 191. The topological polar surface area (TPSA) is 37.8 Å².